The van der Waals surface area contributed by atoms with Crippen LogP contribution in [0.1, 0.15) is 17.7 Å². The molecule has 1 fully saturated rings. The molecule has 0 saturated carbocycles. The molecule has 1 saturated heterocycles. The molecular formula is C21H22FN3O2S. The molecule has 0 spiro atoms. The van der Waals surface area contributed by atoms with Crippen molar-refractivity contribution in [3.05, 3.63) is 58.2 Å². The summed E-state index contributed by atoms with van der Waals surface area (Å²) < 4.78 is 13.3. The van der Waals surface area contributed by atoms with E-state index < -0.39 is 5.82 Å². The average Bonchev–Trinajstić information content (AvgIpc) is 3.29. The standard InChI is InChI=1S/C21H22FN3O2S/c1-23-11-9-15(10-12-23)24(2)19-18(17-4-3-13-28-17)20(26)25(21(19)27)16-7-5-14(22)6-8-16/h3-8,13,15H,9-12H2,1-2H3. The van der Waals surface area contributed by atoms with E-state index in [1.165, 1.54) is 35.6 Å². The number of amides is 2. The first kappa shape index (κ1) is 18.8. The maximum Gasteiger partial charge on any atom is 0.282 e. The lowest BCUT2D eigenvalue weighted by atomic mass is 10.0. The first-order chi connectivity index (χ1) is 13.5. The number of anilines is 1. The van der Waals surface area contributed by atoms with E-state index in [0.717, 1.165) is 35.7 Å². The van der Waals surface area contributed by atoms with Gasteiger partial charge in [-0.2, -0.15) is 0 Å². The summed E-state index contributed by atoms with van der Waals surface area (Å²) in [5, 5.41) is 1.90. The van der Waals surface area contributed by atoms with E-state index in [1.807, 2.05) is 29.5 Å². The highest BCUT2D eigenvalue weighted by molar-refractivity contribution is 7.11. The van der Waals surface area contributed by atoms with Crippen LogP contribution in [0.25, 0.3) is 5.57 Å². The van der Waals surface area contributed by atoms with Gasteiger partial charge in [-0.15, -0.1) is 11.3 Å². The number of nitrogens with zero attached hydrogens (tertiary/aromatic N) is 3. The molecule has 1 aromatic carbocycles. The summed E-state index contributed by atoms with van der Waals surface area (Å²) in [5.41, 5.74) is 1.26. The van der Waals surface area contributed by atoms with Gasteiger partial charge in [0, 0.05) is 18.0 Å². The van der Waals surface area contributed by atoms with Crippen LogP contribution in [0, 0.1) is 5.82 Å². The second kappa shape index (κ2) is 7.48. The normalized spacial score (nSPS) is 19.0. The van der Waals surface area contributed by atoms with Gasteiger partial charge in [0.15, 0.2) is 0 Å². The monoisotopic (exact) mass is 399 g/mol. The Balaban J connectivity index is 1.74. The number of benzene rings is 1. The van der Waals surface area contributed by atoms with Gasteiger partial charge >= 0.3 is 0 Å². The quantitative estimate of drug-likeness (QED) is 0.741. The van der Waals surface area contributed by atoms with Gasteiger partial charge in [-0.05, 0) is 68.7 Å². The zero-order chi connectivity index (χ0) is 19.8. The molecule has 5 nitrogen and oxygen atoms in total. The fourth-order valence-corrected chi connectivity index (χ4v) is 4.64. The Kier molecular flexibility index (Phi) is 5.03. The second-order valence-electron chi connectivity index (χ2n) is 7.27. The number of carbonyl (C=O) groups is 2. The Morgan fingerprint density at radius 1 is 1.07 bits per heavy atom. The van der Waals surface area contributed by atoms with E-state index in [1.54, 1.807) is 0 Å². The molecule has 146 valence electrons. The number of imide groups is 1. The largest absolute Gasteiger partial charge is 0.366 e. The van der Waals surface area contributed by atoms with E-state index in [-0.39, 0.29) is 17.9 Å². The van der Waals surface area contributed by atoms with Gasteiger partial charge < -0.3 is 9.80 Å². The van der Waals surface area contributed by atoms with Crippen molar-refractivity contribution in [1.29, 1.82) is 0 Å². The van der Waals surface area contributed by atoms with Gasteiger partial charge in [-0.25, -0.2) is 9.29 Å². The van der Waals surface area contributed by atoms with Crippen LogP contribution in [0.3, 0.4) is 0 Å². The Morgan fingerprint density at radius 3 is 2.36 bits per heavy atom. The molecule has 28 heavy (non-hydrogen) atoms. The number of hydrogen-bond donors (Lipinski definition) is 0. The third-order valence-electron chi connectivity index (χ3n) is 5.50. The third-order valence-corrected chi connectivity index (χ3v) is 6.39. The number of hydrogen-bond acceptors (Lipinski definition) is 5. The van der Waals surface area contributed by atoms with Crippen molar-refractivity contribution in [2.24, 2.45) is 0 Å². The minimum absolute atomic E-state index is 0.200. The third kappa shape index (κ3) is 3.25. The van der Waals surface area contributed by atoms with Crippen LogP contribution in [0.15, 0.2) is 47.5 Å². The molecule has 2 aliphatic heterocycles. The Bertz CT molecular complexity index is 916. The Hall–Kier alpha value is -2.51. The predicted octanol–water partition coefficient (Wildman–Crippen LogP) is 3.20. The molecule has 2 aliphatic rings. The molecule has 0 radical (unpaired) electrons. The van der Waals surface area contributed by atoms with Gasteiger partial charge in [-0.1, -0.05) is 6.07 Å². The van der Waals surface area contributed by atoms with Gasteiger partial charge in [0.05, 0.1) is 11.3 Å². The van der Waals surface area contributed by atoms with Gasteiger partial charge in [0.2, 0.25) is 0 Å². The molecule has 2 aromatic rings. The van der Waals surface area contributed by atoms with Crippen LogP contribution in [0.5, 0.6) is 0 Å². The molecular weight excluding hydrogens is 377 g/mol. The summed E-state index contributed by atoms with van der Waals surface area (Å²) in [6, 6.07) is 9.40. The number of carbonyl (C=O) groups excluding carboxylic acids is 2. The molecule has 0 bridgehead atoms. The summed E-state index contributed by atoms with van der Waals surface area (Å²) in [5.74, 6) is -1.10. The molecule has 3 heterocycles. The summed E-state index contributed by atoms with van der Waals surface area (Å²) in [6.07, 6.45) is 1.87. The van der Waals surface area contributed by atoms with Crippen molar-refractivity contribution in [3.8, 4) is 0 Å². The lowest BCUT2D eigenvalue weighted by Gasteiger charge is -2.36. The number of likely N-dealkylation sites (tertiary alicyclic amines) is 1. The van der Waals surface area contributed by atoms with Crippen molar-refractivity contribution in [1.82, 2.24) is 9.80 Å². The van der Waals surface area contributed by atoms with Crippen molar-refractivity contribution in [3.63, 3.8) is 0 Å². The van der Waals surface area contributed by atoms with Crippen molar-refractivity contribution >= 4 is 34.4 Å². The zero-order valence-corrected chi connectivity index (χ0v) is 16.7. The first-order valence-electron chi connectivity index (χ1n) is 9.31. The highest BCUT2D eigenvalue weighted by Gasteiger charge is 2.43. The SMILES string of the molecule is CN1CCC(N(C)C2=C(c3cccs3)C(=O)N(c3ccc(F)cc3)C2=O)CC1. The molecule has 0 aliphatic carbocycles. The lowest BCUT2D eigenvalue weighted by molar-refractivity contribution is -0.120. The summed E-state index contributed by atoms with van der Waals surface area (Å²) >= 11 is 1.44. The Labute approximate surface area is 167 Å². The summed E-state index contributed by atoms with van der Waals surface area (Å²) in [4.78, 5) is 32.8. The molecule has 0 atom stereocenters. The van der Waals surface area contributed by atoms with Crippen molar-refractivity contribution in [2.75, 3.05) is 32.1 Å². The Morgan fingerprint density at radius 2 is 1.75 bits per heavy atom. The minimum atomic E-state index is -0.405. The van der Waals surface area contributed by atoms with Gasteiger partial charge in [0.1, 0.15) is 11.5 Å². The molecule has 0 N–H and O–H groups in total. The maximum absolute atomic E-state index is 13.4. The minimum Gasteiger partial charge on any atom is -0.366 e. The van der Waals surface area contributed by atoms with Crippen LogP contribution < -0.4 is 4.90 Å². The average molecular weight is 399 g/mol. The molecule has 0 unspecified atom stereocenters. The smallest absolute Gasteiger partial charge is 0.282 e. The van der Waals surface area contributed by atoms with E-state index in [0.29, 0.717) is 17.0 Å². The first-order valence-corrected chi connectivity index (χ1v) is 10.2. The topological polar surface area (TPSA) is 43.9 Å². The van der Waals surface area contributed by atoms with Crippen LogP contribution >= 0.6 is 11.3 Å². The number of likely N-dealkylation sites (N-methyl/N-ethyl adjacent to an activating group) is 1. The van der Waals surface area contributed by atoms with Crippen LogP contribution in [-0.4, -0.2) is 54.8 Å². The van der Waals surface area contributed by atoms with Crippen molar-refractivity contribution < 1.29 is 14.0 Å². The fourth-order valence-electron chi connectivity index (χ4n) is 3.88. The summed E-state index contributed by atoms with van der Waals surface area (Å²) in [7, 11) is 3.99. The number of piperidine rings is 1. The molecule has 4 rings (SSSR count). The van der Waals surface area contributed by atoms with E-state index in [9.17, 15) is 14.0 Å². The number of rotatable bonds is 4. The van der Waals surface area contributed by atoms with E-state index in [4.69, 9.17) is 0 Å². The van der Waals surface area contributed by atoms with Crippen LogP contribution in [0.4, 0.5) is 10.1 Å². The van der Waals surface area contributed by atoms with Gasteiger partial charge in [0.25, 0.3) is 11.8 Å². The zero-order valence-electron chi connectivity index (χ0n) is 15.9. The highest BCUT2D eigenvalue weighted by Crippen LogP contribution is 2.37. The van der Waals surface area contributed by atoms with E-state index >= 15 is 0 Å². The highest BCUT2D eigenvalue weighted by atomic mass is 32.1. The molecule has 1 aromatic heterocycles. The number of thiophene rings is 1. The van der Waals surface area contributed by atoms with E-state index in [2.05, 4.69) is 11.9 Å². The maximum atomic E-state index is 13.4. The number of halogens is 1. The second-order valence-corrected chi connectivity index (χ2v) is 8.22. The van der Waals surface area contributed by atoms with Crippen molar-refractivity contribution in [2.45, 2.75) is 18.9 Å². The lowest BCUT2D eigenvalue weighted by Crippen LogP contribution is -2.43. The summed E-state index contributed by atoms with van der Waals surface area (Å²) in [6.45, 7) is 1.92. The predicted molar refractivity (Wildman–Crippen MR) is 108 cm³/mol. The van der Waals surface area contributed by atoms with Gasteiger partial charge in [-0.3, -0.25) is 9.59 Å². The molecule has 7 heteroatoms. The van der Waals surface area contributed by atoms with Crippen LogP contribution in [-0.2, 0) is 9.59 Å². The van der Waals surface area contributed by atoms with Crippen LogP contribution in [0.2, 0.25) is 0 Å². The fraction of sp³-hybridized carbons (Fsp3) is 0.333. The molecule has 2 amide bonds.